The summed E-state index contributed by atoms with van der Waals surface area (Å²) in [5.74, 6) is 0.164. The number of hydrogen-bond acceptors (Lipinski definition) is 2. The molecule has 1 saturated heterocycles. The molecule has 0 aromatic heterocycles. The summed E-state index contributed by atoms with van der Waals surface area (Å²) in [6.07, 6.45) is 0.752. The molecule has 3 nitrogen and oxygen atoms in total. The number of carbonyl (C=O) groups is 1. The van der Waals surface area contributed by atoms with Gasteiger partial charge in [-0.3, -0.25) is 9.69 Å². The third-order valence-corrected chi connectivity index (χ3v) is 7.43. The number of benzene rings is 4. The van der Waals surface area contributed by atoms with Gasteiger partial charge < -0.3 is 4.90 Å². The van der Waals surface area contributed by atoms with Gasteiger partial charge in [0, 0.05) is 31.7 Å². The van der Waals surface area contributed by atoms with Crippen LogP contribution in [0, 0.1) is 5.92 Å². The van der Waals surface area contributed by atoms with Gasteiger partial charge in [0.25, 0.3) is 0 Å². The van der Waals surface area contributed by atoms with Gasteiger partial charge in [0.2, 0.25) is 5.91 Å². The Morgan fingerprint density at radius 3 is 1.81 bits per heavy atom. The van der Waals surface area contributed by atoms with Crippen molar-refractivity contribution in [2.45, 2.75) is 38.5 Å². The summed E-state index contributed by atoms with van der Waals surface area (Å²) >= 11 is 0. The molecule has 4 aromatic rings. The molecule has 0 spiro atoms. The lowest BCUT2D eigenvalue weighted by Crippen LogP contribution is -2.43. The van der Waals surface area contributed by atoms with E-state index < -0.39 is 0 Å². The standard InChI is InChI=1S/C33H34N2O/c1-26(30-20-12-5-13-21-30)35(24-29-18-10-4-11-19-29)32-25-34(23-28-16-8-3-9-17-28)33(36)31(32)22-27-14-6-2-7-15-27/h2-21,26,31-32H,22-25H2,1H3/t26-,31-,32-/m0/s1. The molecule has 1 aliphatic rings. The minimum absolute atomic E-state index is 0.0917. The second-order valence-electron chi connectivity index (χ2n) is 9.81. The van der Waals surface area contributed by atoms with Crippen LogP contribution in [-0.4, -0.2) is 28.3 Å². The fourth-order valence-corrected chi connectivity index (χ4v) is 5.47. The van der Waals surface area contributed by atoms with Crippen molar-refractivity contribution in [1.82, 2.24) is 9.80 Å². The molecule has 4 aromatic carbocycles. The first-order valence-electron chi connectivity index (χ1n) is 12.9. The first kappa shape index (κ1) is 24.0. The predicted octanol–water partition coefficient (Wildman–Crippen LogP) is 6.52. The van der Waals surface area contributed by atoms with Crippen LogP contribution in [0.2, 0.25) is 0 Å². The van der Waals surface area contributed by atoms with Gasteiger partial charge in [0.15, 0.2) is 0 Å². The average Bonchev–Trinajstić information content (AvgIpc) is 3.23. The van der Waals surface area contributed by atoms with Crippen LogP contribution in [0.25, 0.3) is 0 Å². The Kier molecular flexibility index (Phi) is 7.58. The Hall–Kier alpha value is -3.69. The molecule has 0 bridgehead atoms. The first-order valence-corrected chi connectivity index (χ1v) is 12.9. The Labute approximate surface area is 215 Å². The fourth-order valence-electron chi connectivity index (χ4n) is 5.47. The van der Waals surface area contributed by atoms with Crippen LogP contribution >= 0.6 is 0 Å². The summed E-state index contributed by atoms with van der Waals surface area (Å²) in [4.78, 5) is 18.6. The third kappa shape index (κ3) is 5.58. The maximum absolute atomic E-state index is 13.9. The largest absolute Gasteiger partial charge is 0.336 e. The van der Waals surface area contributed by atoms with Gasteiger partial charge >= 0.3 is 0 Å². The zero-order chi connectivity index (χ0) is 24.7. The van der Waals surface area contributed by atoms with E-state index in [-0.39, 0.29) is 23.9 Å². The lowest BCUT2D eigenvalue weighted by molar-refractivity contribution is -0.131. The van der Waals surface area contributed by atoms with Crippen LogP contribution in [0.3, 0.4) is 0 Å². The molecule has 5 rings (SSSR count). The molecule has 1 fully saturated rings. The normalized spacial score (nSPS) is 18.5. The smallest absolute Gasteiger partial charge is 0.228 e. The number of nitrogens with zero attached hydrogens (tertiary/aromatic N) is 2. The van der Waals surface area contributed by atoms with Gasteiger partial charge in [0.05, 0.1) is 5.92 Å². The zero-order valence-corrected chi connectivity index (χ0v) is 20.9. The molecule has 3 heteroatoms. The van der Waals surface area contributed by atoms with Crippen LogP contribution < -0.4 is 0 Å². The quantitative estimate of drug-likeness (QED) is 0.276. The Morgan fingerprint density at radius 2 is 1.22 bits per heavy atom. The first-order chi connectivity index (χ1) is 17.7. The van der Waals surface area contributed by atoms with Crippen LogP contribution in [0.15, 0.2) is 121 Å². The van der Waals surface area contributed by atoms with E-state index in [1.165, 1.54) is 22.3 Å². The number of likely N-dealkylation sites (tertiary alicyclic amines) is 1. The second-order valence-corrected chi connectivity index (χ2v) is 9.81. The summed E-state index contributed by atoms with van der Waals surface area (Å²) in [7, 11) is 0. The molecular weight excluding hydrogens is 440 g/mol. The minimum Gasteiger partial charge on any atom is -0.336 e. The molecule has 0 saturated carbocycles. The number of amides is 1. The SMILES string of the molecule is C[C@@H](c1ccccc1)N(Cc1ccccc1)[C@H]1CN(Cc2ccccc2)C(=O)[C@H]1Cc1ccccc1. The van der Waals surface area contributed by atoms with Crippen molar-refractivity contribution < 1.29 is 4.79 Å². The topological polar surface area (TPSA) is 23.6 Å². The van der Waals surface area contributed by atoms with Crippen LogP contribution in [-0.2, 0) is 24.3 Å². The highest BCUT2D eigenvalue weighted by atomic mass is 16.2. The summed E-state index contributed by atoms with van der Waals surface area (Å²) in [5, 5.41) is 0. The van der Waals surface area contributed by atoms with Crippen LogP contribution in [0.4, 0.5) is 0 Å². The molecular formula is C33H34N2O. The van der Waals surface area contributed by atoms with E-state index in [2.05, 4.69) is 114 Å². The van der Waals surface area contributed by atoms with Gasteiger partial charge in [-0.05, 0) is 35.6 Å². The van der Waals surface area contributed by atoms with Crippen molar-refractivity contribution in [3.8, 4) is 0 Å². The lowest BCUT2D eigenvalue weighted by atomic mass is 9.91. The van der Waals surface area contributed by atoms with Gasteiger partial charge in [-0.15, -0.1) is 0 Å². The van der Waals surface area contributed by atoms with E-state index in [1.54, 1.807) is 0 Å². The van der Waals surface area contributed by atoms with Crippen molar-refractivity contribution in [3.63, 3.8) is 0 Å². The van der Waals surface area contributed by atoms with Gasteiger partial charge in [-0.25, -0.2) is 0 Å². The maximum atomic E-state index is 13.9. The van der Waals surface area contributed by atoms with Gasteiger partial charge in [0.1, 0.15) is 0 Å². The Balaban J connectivity index is 1.50. The predicted molar refractivity (Wildman–Crippen MR) is 146 cm³/mol. The van der Waals surface area contributed by atoms with E-state index in [1.807, 2.05) is 24.3 Å². The molecule has 0 aliphatic carbocycles. The van der Waals surface area contributed by atoms with Crippen LogP contribution in [0.1, 0.15) is 35.2 Å². The number of carbonyl (C=O) groups excluding carboxylic acids is 1. The maximum Gasteiger partial charge on any atom is 0.228 e. The molecule has 1 aliphatic heterocycles. The van der Waals surface area contributed by atoms with E-state index in [0.717, 1.165) is 19.5 Å². The van der Waals surface area contributed by atoms with Gasteiger partial charge in [-0.2, -0.15) is 0 Å². The summed E-state index contributed by atoms with van der Waals surface area (Å²) in [6, 6.07) is 42.4. The molecule has 1 heterocycles. The highest BCUT2D eigenvalue weighted by Crippen LogP contribution is 2.34. The van der Waals surface area contributed by atoms with E-state index in [9.17, 15) is 4.79 Å². The van der Waals surface area contributed by atoms with Crippen molar-refractivity contribution in [2.24, 2.45) is 5.92 Å². The molecule has 1 amide bonds. The molecule has 3 atom stereocenters. The molecule has 0 unspecified atom stereocenters. The lowest BCUT2D eigenvalue weighted by Gasteiger charge is -2.37. The van der Waals surface area contributed by atoms with Crippen molar-refractivity contribution >= 4 is 5.91 Å². The fraction of sp³-hybridized carbons (Fsp3) is 0.242. The molecule has 0 radical (unpaired) electrons. The highest BCUT2D eigenvalue weighted by molar-refractivity contribution is 5.82. The van der Waals surface area contributed by atoms with Crippen molar-refractivity contribution in [3.05, 3.63) is 144 Å². The van der Waals surface area contributed by atoms with E-state index in [4.69, 9.17) is 0 Å². The van der Waals surface area contributed by atoms with Crippen LogP contribution in [0.5, 0.6) is 0 Å². The molecule has 36 heavy (non-hydrogen) atoms. The Morgan fingerprint density at radius 1 is 0.722 bits per heavy atom. The monoisotopic (exact) mass is 474 g/mol. The van der Waals surface area contributed by atoms with Crippen molar-refractivity contribution in [2.75, 3.05) is 6.54 Å². The highest BCUT2D eigenvalue weighted by Gasteiger charge is 2.44. The average molecular weight is 475 g/mol. The summed E-state index contributed by atoms with van der Waals surface area (Å²) in [5.41, 5.74) is 4.94. The van der Waals surface area contributed by atoms with Crippen molar-refractivity contribution in [1.29, 1.82) is 0 Å². The number of hydrogen-bond donors (Lipinski definition) is 0. The van der Waals surface area contributed by atoms with Gasteiger partial charge in [-0.1, -0.05) is 121 Å². The third-order valence-electron chi connectivity index (χ3n) is 7.43. The number of rotatable bonds is 9. The zero-order valence-electron chi connectivity index (χ0n) is 20.9. The minimum atomic E-state index is -0.0917. The second kappa shape index (κ2) is 11.4. The summed E-state index contributed by atoms with van der Waals surface area (Å²) in [6.45, 7) is 4.47. The van der Waals surface area contributed by atoms with E-state index >= 15 is 0 Å². The molecule has 0 N–H and O–H groups in total. The summed E-state index contributed by atoms with van der Waals surface area (Å²) < 4.78 is 0. The van der Waals surface area contributed by atoms with E-state index in [0.29, 0.717) is 6.54 Å². The Bertz CT molecular complexity index is 1230. The molecule has 182 valence electrons.